The Morgan fingerprint density at radius 3 is 1.57 bits per heavy atom. The number of fused-ring (bicyclic) bond motifs is 2. The molecule has 0 bridgehead atoms. The van der Waals surface area contributed by atoms with Gasteiger partial charge >= 0.3 is 11.9 Å². The zero-order valence-electron chi connectivity index (χ0n) is 34.9. The van der Waals surface area contributed by atoms with Crippen molar-refractivity contribution in [2.75, 3.05) is 75.2 Å². The summed E-state index contributed by atoms with van der Waals surface area (Å²) in [6.45, 7) is 12.5. The smallest absolute Gasteiger partial charge is 0.335 e. The lowest BCUT2D eigenvalue weighted by atomic mass is 10.0. The Hall–Kier alpha value is -6.60. The summed E-state index contributed by atoms with van der Waals surface area (Å²) in [5.41, 5.74) is 10.0. The molecular weight excluding hydrogens is 765 g/mol. The minimum atomic E-state index is -0.885. The van der Waals surface area contributed by atoms with Crippen molar-refractivity contribution in [2.24, 2.45) is 0 Å². The number of rotatable bonds is 14. The van der Waals surface area contributed by atoms with E-state index in [1.807, 2.05) is 66.9 Å². The number of anilines is 2. The molecule has 0 amide bonds. The van der Waals surface area contributed by atoms with Gasteiger partial charge in [-0.15, -0.1) is 0 Å². The van der Waals surface area contributed by atoms with E-state index in [1.165, 1.54) is 22.5 Å². The third-order valence-corrected chi connectivity index (χ3v) is 12.2. The van der Waals surface area contributed by atoms with Crippen LogP contribution in [0.1, 0.15) is 74.3 Å². The maximum Gasteiger partial charge on any atom is 0.335 e. The van der Waals surface area contributed by atoms with Gasteiger partial charge in [-0.25, -0.2) is 9.59 Å². The molecule has 2 aromatic heterocycles. The molecule has 0 aliphatic carbocycles. The maximum absolute atomic E-state index is 11.3. The average Bonchev–Trinajstić information content (AvgIpc) is 3.85. The number of benzene rings is 4. The fraction of sp³-hybridized carbons (Fsp3) is 0.347. The van der Waals surface area contributed by atoms with Gasteiger partial charge in [0.2, 0.25) is 0 Å². The third kappa shape index (κ3) is 10.8. The number of hydrogen-bond donors (Lipinski definition) is 4. The van der Waals surface area contributed by atoms with E-state index in [0.29, 0.717) is 22.3 Å². The largest absolute Gasteiger partial charge is 0.478 e. The first-order valence-corrected chi connectivity index (χ1v) is 21.3. The quantitative estimate of drug-likeness (QED) is 0.0790. The number of carboxylic acids is 2. The molecule has 0 atom stereocenters. The third-order valence-electron chi connectivity index (χ3n) is 12.2. The zero-order valence-corrected chi connectivity index (χ0v) is 34.9. The van der Waals surface area contributed by atoms with Gasteiger partial charge in [0.25, 0.3) is 0 Å². The van der Waals surface area contributed by atoms with Crippen LogP contribution in [0.2, 0.25) is 0 Å². The molecule has 2 aliphatic heterocycles. The van der Waals surface area contributed by atoms with Crippen LogP contribution in [0.4, 0.5) is 11.4 Å². The second kappa shape index (κ2) is 20.1. The maximum atomic E-state index is 11.3. The van der Waals surface area contributed by atoms with Gasteiger partial charge in [-0.3, -0.25) is 9.80 Å². The number of aromatic amines is 2. The van der Waals surface area contributed by atoms with E-state index in [2.05, 4.69) is 48.6 Å². The number of carboxylic acid groups (broad SMARTS) is 2. The van der Waals surface area contributed by atoms with Crippen molar-refractivity contribution in [1.29, 1.82) is 10.5 Å². The molecule has 0 unspecified atom stereocenters. The molecule has 61 heavy (non-hydrogen) atoms. The second-order valence-corrected chi connectivity index (χ2v) is 16.1. The average molecular weight is 819 g/mol. The number of aromatic nitrogens is 2. The van der Waals surface area contributed by atoms with Crippen LogP contribution in [-0.2, 0) is 12.8 Å². The first-order valence-electron chi connectivity index (χ1n) is 21.3. The van der Waals surface area contributed by atoms with Crippen molar-refractivity contribution < 1.29 is 19.8 Å². The molecule has 4 aromatic carbocycles. The Morgan fingerprint density at radius 2 is 1.08 bits per heavy atom. The molecule has 2 fully saturated rings. The number of aromatic carboxylic acids is 2. The minimum absolute atomic E-state index is 0.337. The molecular formula is C49H54N8O4. The molecule has 2 saturated heterocycles. The summed E-state index contributed by atoms with van der Waals surface area (Å²) in [7, 11) is 0. The summed E-state index contributed by atoms with van der Waals surface area (Å²) in [5.74, 6) is -1.77. The molecule has 4 heterocycles. The predicted molar refractivity (Wildman–Crippen MR) is 241 cm³/mol. The van der Waals surface area contributed by atoms with Crippen molar-refractivity contribution in [3.8, 4) is 12.1 Å². The minimum Gasteiger partial charge on any atom is -0.478 e. The Labute approximate surface area is 357 Å². The number of H-pyrrole nitrogens is 2. The lowest BCUT2D eigenvalue weighted by Crippen LogP contribution is -2.46. The molecule has 12 nitrogen and oxygen atoms in total. The monoisotopic (exact) mass is 818 g/mol. The summed E-state index contributed by atoms with van der Waals surface area (Å²) in [4.78, 5) is 39.0. The summed E-state index contributed by atoms with van der Waals surface area (Å²) < 4.78 is 0. The number of nitriles is 2. The highest BCUT2D eigenvalue weighted by atomic mass is 16.4. The fourth-order valence-corrected chi connectivity index (χ4v) is 8.60. The SMILES string of the molecule is Cc1[nH]c2ccc(C(=O)O)cc2c1CCCCN1CCN(c2ccc(C#N)cc2)CC1.N#Cc1ccc(N2CCN(CCCCc3c[nH]c4ccc(C(=O)O)cc34)CC2)cc1. The van der Waals surface area contributed by atoms with Crippen molar-refractivity contribution >= 4 is 45.1 Å². The van der Waals surface area contributed by atoms with Crippen LogP contribution in [0, 0.1) is 29.6 Å². The van der Waals surface area contributed by atoms with E-state index in [1.54, 1.807) is 24.3 Å². The highest BCUT2D eigenvalue weighted by Crippen LogP contribution is 2.26. The van der Waals surface area contributed by atoms with Gasteiger partial charge < -0.3 is 30.0 Å². The van der Waals surface area contributed by atoms with Crippen LogP contribution in [0.15, 0.2) is 91.1 Å². The molecule has 8 rings (SSSR count). The van der Waals surface area contributed by atoms with Crippen molar-refractivity contribution in [1.82, 2.24) is 19.8 Å². The molecule has 4 N–H and O–H groups in total. The number of carbonyl (C=O) groups is 2. The summed E-state index contributed by atoms with van der Waals surface area (Å²) in [6.07, 6.45) is 8.34. The number of piperazine rings is 2. The van der Waals surface area contributed by atoms with Crippen LogP contribution >= 0.6 is 0 Å². The highest BCUT2D eigenvalue weighted by Gasteiger charge is 2.19. The van der Waals surface area contributed by atoms with E-state index in [9.17, 15) is 19.8 Å². The van der Waals surface area contributed by atoms with E-state index in [4.69, 9.17) is 10.5 Å². The molecule has 2 aliphatic rings. The van der Waals surface area contributed by atoms with Crippen molar-refractivity contribution in [3.05, 3.63) is 130 Å². The summed E-state index contributed by atoms with van der Waals surface area (Å²) in [6, 6.07) is 30.6. The van der Waals surface area contributed by atoms with Crippen LogP contribution < -0.4 is 9.80 Å². The fourth-order valence-electron chi connectivity index (χ4n) is 8.60. The summed E-state index contributed by atoms with van der Waals surface area (Å²) in [5, 5.41) is 38.4. The second-order valence-electron chi connectivity index (χ2n) is 16.1. The van der Waals surface area contributed by atoms with Gasteiger partial charge in [0.15, 0.2) is 0 Å². The predicted octanol–water partition coefficient (Wildman–Crippen LogP) is 8.07. The highest BCUT2D eigenvalue weighted by molar-refractivity contribution is 5.95. The number of unbranched alkanes of at least 4 members (excludes halogenated alkanes) is 2. The van der Waals surface area contributed by atoms with Crippen molar-refractivity contribution in [3.63, 3.8) is 0 Å². The van der Waals surface area contributed by atoms with Crippen LogP contribution in [0.3, 0.4) is 0 Å². The lowest BCUT2D eigenvalue weighted by molar-refractivity contribution is 0.0686. The Kier molecular flexibility index (Phi) is 14.0. The molecule has 0 radical (unpaired) electrons. The Morgan fingerprint density at radius 1 is 0.607 bits per heavy atom. The van der Waals surface area contributed by atoms with Crippen LogP contribution in [0.25, 0.3) is 21.8 Å². The molecule has 0 spiro atoms. The van der Waals surface area contributed by atoms with Gasteiger partial charge in [0, 0.05) is 97.4 Å². The van der Waals surface area contributed by atoms with Gasteiger partial charge in [0.1, 0.15) is 0 Å². The van der Waals surface area contributed by atoms with Gasteiger partial charge in [-0.1, -0.05) is 0 Å². The Bertz CT molecular complexity index is 2510. The number of nitrogens with zero attached hydrogens (tertiary/aromatic N) is 6. The topological polar surface area (TPSA) is 167 Å². The molecule has 12 heteroatoms. The number of hydrogen-bond acceptors (Lipinski definition) is 8. The first-order chi connectivity index (χ1) is 29.7. The summed E-state index contributed by atoms with van der Waals surface area (Å²) >= 11 is 0. The van der Waals surface area contributed by atoms with Crippen LogP contribution in [-0.4, -0.2) is 107 Å². The van der Waals surface area contributed by atoms with E-state index < -0.39 is 11.9 Å². The van der Waals surface area contributed by atoms with E-state index >= 15 is 0 Å². The molecule has 0 saturated carbocycles. The standard InChI is InChI=1S/C25H28N4O2.C24H26N4O2/c1-18-22(23-16-20(25(30)31)7-10-24(23)27-18)4-2-3-11-28-12-14-29(15-13-28)21-8-5-19(17-26)6-9-21;25-16-18-4-7-21(8-5-18)28-13-11-27(12-14-28)10-2-1-3-20-17-26-23-9-6-19(24(29)30)15-22(20)23/h5-10,16,27H,2-4,11-15H2,1H3,(H,30,31);4-9,15,17,26H,1-3,10-14H2,(H,29,30). The lowest BCUT2D eigenvalue weighted by Gasteiger charge is -2.36. The van der Waals surface area contributed by atoms with E-state index in [-0.39, 0.29) is 0 Å². The van der Waals surface area contributed by atoms with Gasteiger partial charge in [-0.2, -0.15) is 10.5 Å². The number of aryl methyl sites for hydroxylation is 3. The molecule has 314 valence electrons. The van der Waals surface area contributed by atoms with Gasteiger partial charge in [-0.05, 0) is 155 Å². The normalized spacial score (nSPS) is 14.7. The van der Waals surface area contributed by atoms with Crippen LogP contribution in [0.5, 0.6) is 0 Å². The van der Waals surface area contributed by atoms with Gasteiger partial charge in [0.05, 0.1) is 34.4 Å². The van der Waals surface area contributed by atoms with E-state index in [0.717, 1.165) is 131 Å². The van der Waals surface area contributed by atoms with Crippen molar-refractivity contribution in [2.45, 2.75) is 45.4 Å². The zero-order chi connectivity index (χ0) is 42.7. The Balaban J connectivity index is 0.000000184. The first kappa shape index (κ1) is 42.5. The molecule has 6 aromatic rings. The number of nitrogens with one attached hydrogen (secondary N) is 2.